The van der Waals surface area contributed by atoms with E-state index in [4.69, 9.17) is 0 Å². The summed E-state index contributed by atoms with van der Waals surface area (Å²) in [6, 6.07) is 22.9. The molecule has 2 heterocycles. The highest BCUT2D eigenvalue weighted by molar-refractivity contribution is 6.21. The van der Waals surface area contributed by atoms with E-state index in [0.29, 0.717) is 33.5 Å². The SMILES string of the molecule is O=C(c1ccccc1)c1ccccc1-c1cnn(CN2C(=O)c3ccccc3C2=O)n1. The van der Waals surface area contributed by atoms with Crippen LogP contribution in [0.25, 0.3) is 11.3 Å². The molecule has 4 aromatic rings. The van der Waals surface area contributed by atoms with E-state index in [1.54, 1.807) is 54.6 Å². The molecule has 5 rings (SSSR count). The lowest BCUT2D eigenvalue weighted by Gasteiger charge is -2.12. The van der Waals surface area contributed by atoms with E-state index in [1.165, 1.54) is 11.0 Å². The van der Waals surface area contributed by atoms with Crippen molar-refractivity contribution in [3.8, 4) is 11.3 Å². The van der Waals surface area contributed by atoms with Gasteiger partial charge in [0.1, 0.15) is 12.4 Å². The molecule has 1 aliphatic rings. The van der Waals surface area contributed by atoms with Crippen LogP contribution >= 0.6 is 0 Å². The van der Waals surface area contributed by atoms with Crippen molar-refractivity contribution in [2.24, 2.45) is 0 Å². The number of rotatable bonds is 5. The number of fused-ring (bicyclic) bond motifs is 1. The Hall–Kier alpha value is -4.39. The van der Waals surface area contributed by atoms with Crippen LogP contribution in [0, 0.1) is 0 Å². The molecule has 1 aromatic heterocycles. The number of hydrogen-bond acceptors (Lipinski definition) is 5. The molecular weight excluding hydrogens is 392 g/mol. The van der Waals surface area contributed by atoms with E-state index in [2.05, 4.69) is 10.2 Å². The number of ketones is 1. The van der Waals surface area contributed by atoms with Crippen LogP contribution in [0.4, 0.5) is 0 Å². The third-order valence-corrected chi connectivity index (χ3v) is 5.17. The van der Waals surface area contributed by atoms with Gasteiger partial charge in [-0.15, -0.1) is 0 Å². The molecule has 0 bridgehead atoms. The smallest absolute Gasteiger partial charge is 0.263 e. The molecule has 0 N–H and O–H groups in total. The van der Waals surface area contributed by atoms with Crippen LogP contribution in [0.1, 0.15) is 36.6 Å². The van der Waals surface area contributed by atoms with Gasteiger partial charge in [0, 0.05) is 16.7 Å². The van der Waals surface area contributed by atoms with Gasteiger partial charge in [-0.05, 0) is 12.1 Å². The van der Waals surface area contributed by atoms with Crippen LogP contribution in [-0.2, 0) is 6.67 Å². The van der Waals surface area contributed by atoms with E-state index >= 15 is 0 Å². The summed E-state index contributed by atoms with van der Waals surface area (Å²) in [6.45, 7) is -0.110. The van der Waals surface area contributed by atoms with Crippen molar-refractivity contribution in [1.29, 1.82) is 0 Å². The lowest BCUT2D eigenvalue weighted by Crippen LogP contribution is -2.32. The zero-order valence-corrected chi connectivity index (χ0v) is 16.3. The van der Waals surface area contributed by atoms with Crippen molar-refractivity contribution in [3.63, 3.8) is 0 Å². The second-order valence-corrected chi connectivity index (χ2v) is 7.07. The number of amides is 2. The van der Waals surface area contributed by atoms with Gasteiger partial charge in [-0.3, -0.25) is 19.3 Å². The molecule has 0 saturated heterocycles. The summed E-state index contributed by atoms with van der Waals surface area (Å²) in [6.07, 6.45) is 1.52. The minimum absolute atomic E-state index is 0.110. The molecule has 0 saturated carbocycles. The largest absolute Gasteiger partial charge is 0.289 e. The fourth-order valence-electron chi connectivity index (χ4n) is 3.63. The van der Waals surface area contributed by atoms with E-state index in [-0.39, 0.29) is 24.3 Å². The van der Waals surface area contributed by atoms with Gasteiger partial charge in [0.25, 0.3) is 11.8 Å². The number of carbonyl (C=O) groups excluding carboxylic acids is 3. The highest BCUT2D eigenvalue weighted by Crippen LogP contribution is 2.25. The summed E-state index contributed by atoms with van der Waals surface area (Å²) < 4.78 is 0. The molecule has 1 aliphatic heterocycles. The summed E-state index contributed by atoms with van der Waals surface area (Å²) in [5.74, 6) is -0.871. The van der Waals surface area contributed by atoms with Crippen LogP contribution in [0.2, 0.25) is 0 Å². The minimum Gasteiger partial charge on any atom is -0.289 e. The highest BCUT2D eigenvalue weighted by Gasteiger charge is 2.35. The summed E-state index contributed by atoms with van der Waals surface area (Å²) in [5, 5.41) is 8.63. The average Bonchev–Trinajstić information content (AvgIpc) is 3.38. The fourth-order valence-corrected chi connectivity index (χ4v) is 3.63. The van der Waals surface area contributed by atoms with Gasteiger partial charge in [-0.1, -0.05) is 66.7 Å². The standard InChI is InChI=1S/C24H16N4O3/c29-22(16-8-2-1-3-9-16)18-11-5-4-10-17(18)21-14-25-28(26-21)15-27-23(30)19-12-6-7-13-20(19)24(27)31/h1-14H,15H2. The number of aromatic nitrogens is 3. The van der Waals surface area contributed by atoms with Crippen molar-refractivity contribution in [3.05, 3.63) is 107 Å². The van der Waals surface area contributed by atoms with Crippen LogP contribution in [0.15, 0.2) is 85.1 Å². The normalized spacial score (nSPS) is 12.8. The molecule has 31 heavy (non-hydrogen) atoms. The Morgan fingerprint density at radius 1 is 0.742 bits per heavy atom. The maximum absolute atomic E-state index is 13.0. The molecule has 7 heteroatoms. The topological polar surface area (TPSA) is 85.2 Å². The summed E-state index contributed by atoms with van der Waals surface area (Å²) >= 11 is 0. The van der Waals surface area contributed by atoms with Gasteiger partial charge >= 0.3 is 0 Å². The van der Waals surface area contributed by atoms with Gasteiger partial charge in [-0.25, -0.2) is 0 Å². The van der Waals surface area contributed by atoms with Gasteiger partial charge in [0.15, 0.2) is 5.78 Å². The second kappa shape index (κ2) is 7.46. The van der Waals surface area contributed by atoms with Crippen molar-refractivity contribution >= 4 is 17.6 Å². The first-order chi connectivity index (χ1) is 15.1. The predicted octanol–water partition coefficient (Wildman–Crippen LogP) is 3.43. The molecule has 0 fully saturated rings. The monoisotopic (exact) mass is 408 g/mol. The third kappa shape index (κ3) is 3.22. The number of nitrogens with zero attached hydrogens (tertiary/aromatic N) is 4. The molecule has 150 valence electrons. The van der Waals surface area contributed by atoms with Gasteiger partial charge < -0.3 is 0 Å². The quantitative estimate of drug-likeness (QED) is 0.373. The zero-order valence-electron chi connectivity index (χ0n) is 16.3. The van der Waals surface area contributed by atoms with E-state index in [1.807, 2.05) is 24.3 Å². The Balaban J connectivity index is 1.43. The molecule has 0 unspecified atom stereocenters. The Morgan fingerprint density at radius 3 is 2.00 bits per heavy atom. The van der Waals surface area contributed by atoms with Crippen molar-refractivity contribution < 1.29 is 14.4 Å². The second-order valence-electron chi connectivity index (χ2n) is 7.07. The maximum atomic E-state index is 13.0. The van der Waals surface area contributed by atoms with Crippen LogP contribution in [0.5, 0.6) is 0 Å². The minimum atomic E-state index is -0.376. The van der Waals surface area contributed by atoms with E-state index < -0.39 is 0 Å². The van der Waals surface area contributed by atoms with Gasteiger partial charge in [-0.2, -0.15) is 15.0 Å². The molecule has 0 aliphatic carbocycles. The molecular formula is C24H16N4O3. The Morgan fingerprint density at radius 2 is 1.32 bits per heavy atom. The first-order valence-corrected chi connectivity index (χ1v) is 9.68. The number of benzene rings is 3. The Bertz CT molecular complexity index is 1290. The van der Waals surface area contributed by atoms with E-state index in [9.17, 15) is 14.4 Å². The number of carbonyl (C=O) groups is 3. The Labute approximate surface area is 177 Å². The summed E-state index contributed by atoms with van der Waals surface area (Å²) in [4.78, 5) is 40.5. The van der Waals surface area contributed by atoms with Crippen LogP contribution in [-0.4, -0.2) is 37.5 Å². The molecule has 7 nitrogen and oxygen atoms in total. The number of imide groups is 1. The summed E-state index contributed by atoms with van der Waals surface area (Å²) in [5.41, 5.74) is 2.94. The van der Waals surface area contributed by atoms with Crippen molar-refractivity contribution in [1.82, 2.24) is 19.9 Å². The van der Waals surface area contributed by atoms with Crippen LogP contribution < -0.4 is 0 Å². The molecule has 3 aromatic carbocycles. The first-order valence-electron chi connectivity index (χ1n) is 9.68. The lowest BCUT2D eigenvalue weighted by atomic mass is 9.97. The zero-order chi connectivity index (χ0) is 21.4. The lowest BCUT2D eigenvalue weighted by molar-refractivity contribution is 0.0587. The first kappa shape index (κ1) is 18.6. The van der Waals surface area contributed by atoms with Crippen molar-refractivity contribution in [2.75, 3.05) is 0 Å². The fraction of sp³-hybridized carbons (Fsp3) is 0.0417. The molecule has 2 amide bonds. The van der Waals surface area contributed by atoms with E-state index in [0.717, 1.165) is 4.90 Å². The molecule has 0 spiro atoms. The Kier molecular flexibility index (Phi) is 4.48. The highest BCUT2D eigenvalue weighted by atomic mass is 16.2. The van der Waals surface area contributed by atoms with Gasteiger partial charge in [0.05, 0.1) is 17.3 Å². The molecule has 0 atom stereocenters. The van der Waals surface area contributed by atoms with Crippen LogP contribution in [0.3, 0.4) is 0 Å². The number of hydrogen-bond donors (Lipinski definition) is 0. The molecule has 0 radical (unpaired) electrons. The van der Waals surface area contributed by atoms with Crippen molar-refractivity contribution in [2.45, 2.75) is 6.67 Å². The summed E-state index contributed by atoms with van der Waals surface area (Å²) in [7, 11) is 0. The maximum Gasteiger partial charge on any atom is 0.263 e. The third-order valence-electron chi connectivity index (χ3n) is 5.17. The predicted molar refractivity (Wildman–Crippen MR) is 112 cm³/mol. The average molecular weight is 408 g/mol. The van der Waals surface area contributed by atoms with Gasteiger partial charge in [0.2, 0.25) is 0 Å².